The van der Waals surface area contributed by atoms with Crippen LogP contribution in [-0.4, -0.2) is 28.8 Å². The Balaban J connectivity index is 1.64. The molecule has 1 fully saturated rings. The summed E-state index contributed by atoms with van der Waals surface area (Å²) >= 11 is 5.81. The fraction of sp³-hybridized carbons (Fsp3) is 0.185. The van der Waals surface area contributed by atoms with Crippen LogP contribution in [0, 0.1) is 12.7 Å². The number of thiocarbonyl (C=S) groups is 1. The van der Waals surface area contributed by atoms with Gasteiger partial charge in [0.25, 0.3) is 0 Å². The summed E-state index contributed by atoms with van der Waals surface area (Å²) in [5, 5.41) is 4.06. The van der Waals surface area contributed by atoms with E-state index in [0.717, 1.165) is 28.5 Å². The van der Waals surface area contributed by atoms with Crippen LogP contribution in [0.25, 0.3) is 5.69 Å². The monoisotopic (exact) mass is 471 g/mol. The smallest absolute Gasteiger partial charge is 0.174 e. The van der Waals surface area contributed by atoms with Gasteiger partial charge in [-0.15, -0.1) is 0 Å². The zero-order chi connectivity index (χ0) is 23.8. The molecule has 1 saturated heterocycles. The highest BCUT2D eigenvalue weighted by atomic mass is 32.1. The Morgan fingerprint density at radius 1 is 0.971 bits per heavy atom. The first-order valence-corrected chi connectivity index (χ1v) is 11.6. The molecule has 0 amide bonds. The third-order valence-electron chi connectivity index (χ3n) is 6.25. The van der Waals surface area contributed by atoms with E-state index in [1.54, 1.807) is 19.2 Å². The number of aryl methyl sites for hydroxylation is 1. The molecule has 5 rings (SSSR count). The van der Waals surface area contributed by atoms with E-state index in [2.05, 4.69) is 61.2 Å². The van der Waals surface area contributed by atoms with E-state index in [1.165, 1.54) is 6.07 Å². The van der Waals surface area contributed by atoms with Crippen molar-refractivity contribution in [1.82, 2.24) is 14.9 Å². The van der Waals surface area contributed by atoms with Crippen LogP contribution < -0.4 is 15.1 Å². The lowest BCUT2D eigenvalue weighted by atomic mass is 10.0. The first-order chi connectivity index (χ1) is 16.4. The van der Waals surface area contributed by atoms with Gasteiger partial charge in [0, 0.05) is 49.2 Å². The lowest BCUT2D eigenvalue weighted by Gasteiger charge is -2.29. The average Bonchev–Trinajstić information content (AvgIpc) is 3.46. The molecule has 4 aromatic rings. The lowest BCUT2D eigenvalue weighted by Crippen LogP contribution is -2.30. The Morgan fingerprint density at radius 3 is 2.41 bits per heavy atom. The Bertz CT molecular complexity index is 1320. The van der Waals surface area contributed by atoms with Crippen LogP contribution in [0.15, 0.2) is 85.2 Å². The highest BCUT2D eigenvalue weighted by Gasteiger charge is 2.42. The van der Waals surface area contributed by atoms with Crippen molar-refractivity contribution in [2.24, 2.45) is 0 Å². The van der Waals surface area contributed by atoms with Crippen LogP contribution in [0.4, 0.5) is 15.8 Å². The van der Waals surface area contributed by atoms with Gasteiger partial charge in [0.15, 0.2) is 5.11 Å². The van der Waals surface area contributed by atoms with E-state index < -0.39 is 0 Å². The summed E-state index contributed by atoms with van der Waals surface area (Å²) in [6.45, 7) is 1.77. The number of rotatable bonds is 5. The number of pyridine rings is 1. The van der Waals surface area contributed by atoms with E-state index >= 15 is 0 Å². The van der Waals surface area contributed by atoms with Crippen molar-refractivity contribution in [3.05, 3.63) is 108 Å². The summed E-state index contributed by atoms with van der Waals surface area (Å²) in [5.41, 5.74) is 5.56. The molecule has 1 N–H and O–H groups in total. The largest absolute Gasteiger partial charge is 0.378 e. The zero-order valence-corrected chi connectivity index (χ0v) is 20.1. The molecule has 1 aliphatic heterocycles. The molecule has 0 radical (unpaired) electrons. The normalized spacial score (nSPS) is 17.6. The Kier molecular flexibility index (Phi) is 5.79. The number of nitrogens with one attached hydrogen (secondary N) is 1. The van der Waals surface area contributed by atoms with E-state index in [-0.39, 0.29) is 17.9 Å². The fourth-order valence-electron chi connectivity index (χ4n) is 4.49. The predicted molar refractivity (Wildman–Crippen MR) is 139 cm³/mol. The number of aromatic nitrogens is 2. The molecule has 0 unspecified atom stereocenters. The molecule has 2 aromatic carbocycles. The molecule has 0 spiro atoms. The maximum absolute atomic E-state index is 14.1. The number of hydrogen-bond donors (Lipinski definition) is 1. The van der Waals surface area contributed by atoms with Crippen molar-refractivity contribution in [3.8, 4) is 5.69 Å². The molecule has 0 bridgehead atoms. The fourth-order valence-corrected chi connectivity index (χ4v) is 4.84. The van der Waals surface area contributed by atoms with Gasteiger partial charge in [-0.1, -0.05) is 6.07 Å². The Morgan fingerprint density at radius 2 is 1.74 bits per heavy atom. The molecule has 172 valence electrons. The quantitative estimate of drug-likeness (QED) is 0.386. The average molecular weight is 472 g/mol. The standard InChI is InChI=1S/C27H26FN5S/c1-18-17-21(13-14-22(18)28)33-26(25(30-27(33)34)23-7-4-5-15-29-23)24-8-6-16-32(24)20-11-9-19(10-12-20)31(2)3/h4-17,25-26H,1-3H3,(H,30,34)/t25-,26+/m0/s1. The third kappa shape index (κ3) is 3.92. The molecule has 0 aliphatic carbocycles. The van der Waals surface area contributed by atoms with Crippen molar-refractivity contribution in [2.45, 2.75) is 19.0 Å². The van der Waals surface area contributed by atoms with Crippen molar-refractivity contribution in [2.75, 3.05) is 23.9 Å². The van der Waals surface area contributed by atoms with Crippen molar-refractivity contribution in [3.63, 3.8) is 0 Å². The number of anilines is 2. The molecular formula is C27H26FN5S. The molecule has 1 aliphatic rings. The number of halogens is 1. The van der Waals surface area contributed by atoms with Crippen LogP contribution in [-0.2, 0) is 0 Å². The number of hydrogen-bond acceptors (Lipinski definition) is 3. The zero-order valence-electron chi connectivity index (χ0n) is 19.3. The van der Waals surface area contributed by atoms with Crippen molar-refractivity contribution in [1.29, 1.82) is 0 Å². The summed E-state index contributed by atoms with van der Waals surface area (Å²) in [4.78, 5) is 8.77. The maximum Gasteiger partial charge on any atom is 0.174 e. The van der Waals surface area contributed by atoms with Crippen LogP contribution in [0.1, 0.15) is 29.0 Å². The second kappa shape index (κ2) is 8.91. The van der Waals surface area contributed by atoms with Gasteiger partial charge in [0.1, 0.15) is 11.9 Å². The molecule has 2 aromatic heterocycles. The molecule has 34 heavy (non-hydrogen) atoms. The third-order valence-corrected chi connectivity index (χ3v) is 6.56. The van der Waals surface area contributed by atoms with Crippen LogP contribution >= 0.6 is 12.2 Å². The molecule has 2 atom stereocenters. The summed E-state index contributed by atoms with van der Waals surface area (Å²) in [7, 11) is 4.06. The number of nitrogens with zero attached hydrogens (tertiary/aromatic N) is 4. The van der Waals surface area contributed by atoms with Gasteiger partial charge in [0.2, 0.25) is 0 Å². The topological polar surface area (TPSA) is 36.3 Å². The van der Waals surface area contributed by atoms with E-state index in [1.807, 2.05) is 44.4 Å². The predicted octanol–water partition coefficient (Wildman–Crippen LogP) is 5.56. The van der Waals surface area contributed by atoms with Gasteiger partial charge >= 0.3 is 0 Å². The lowest BCUT2D eigenvalue weighted by molar-refractivity contribution is 0.549. The van der Waals surface area contributed by atoms with Crippen LogP contribution in [0.3, 0.4) is 0 Å². The first kappa shape index (κ1) is 22.1. The van der Waals surface area contributed by atoms with Gasteiger partial charge < -0.3 is 19.7 Å². The van der Waals surface area contributed by atoms with Crippen LogP contribution in [0.5, 0.6) is 0 Å². The van der Waals surface area contributed by atoms with E-state index in [4.69, 9.17) is 12.2 Å². The van der Waals surface area contributed by atoms with Gasteiger partial charge in [-0.3, -0.25) is 4.98 Å². The summed E-state index contributed by atoms with van der Waals surface area (Å²) in [5.74, 6) is -0.232. The second-order valence-electron chi connectivity index (χ2n) is 8.64. The molecule has 7 heteroatoms. The molecule has 3 heterocycles. The van der Waals surface area contributed by atoms with Gasteiger partial charge in [-0.2, -0.15) is 0 Å². The summed E-state index contributed by atoms with van der Waals surface area (Å²) in [6.07, 6.45) is 3.85. The molecule has 0 saturated carbocycles. The highest BCUT2D eigenvalue weighted by molar-refractivity contribution is 7.80. The minimum atomic E-state index is -0.232. The van der Waals surface area contributed by atoms with Gasteiger partial charge in [-0.25, -0.2) is 4.39 Å². The van der Waals surface area contributed by atoms with Gasteiger partial charge in [-0.05, 0) is 91.4 Å². The second-order valence-corrected chi connectivity index (χ2v) is 9.03. The Hall–Kier alpha value is -3.71. The van der Waals surface area contributed by atoms with Crippen LogP contribution in [0.2, 0.25) is 0 Å². The first-order valence-electron chi connectivity index (χ1n) is 11.2. The highest BCUT2D eigenvalue weighted by Crippen LogP contribution is 2.42. The minimum absolute atomic E-state index is 0.172. The molecular weight excluding hydrogens is 445 g/mol. The van der Waals surface area contributed by atoms with Crippen molar-refractivity contribution >= 4 is 28.7 Å². The van der Waals surface area contributed by atoms with E-state index in [9.17, 15) is 4.39 Å². The molecule has 5 nitrogen and oxygen atoms in total. The summed E-state index contributed by atoms with van der Waals surface area (Å²) in [6, 6.07) is 23.2. The number of benzene rings is 2. The SMILES string of the molecule is Cc1cc(N2C(=S)N[C@@H](c3ccccn3)[C@H]2c2cccn2-c2ccc(N(C)C)cc2)ccc1F. The summed E-state index contributed by atoms with van der Waals surface area (Å²) < 4.78 is 16.3. The van der Waals surface area contributed by atoms with Crippen molar-refractivity contribution < 1.29 is 4.39 Å². The van der Waals surface area contributed by atoms with Gasteiger partial charge in [0.05, 0.1) is 11.7 Å². The minimum Gasteiger partial charge on any atom is -0.378 e. The van der Waals surface area contributed by atoms with E-state index in [0.29, 0.717) is 10.7 Å². The Labute approximate surface area is 204 Å². The maximum atomic E-state index is 14.1.